The minimum Gasteiger partial charge on any atom is -0.409 e. The number of rotatable bonds is 1. The minimum atomic E-state index is -0.255. The Hall–Kier alpha value is -1.32. The van der Waals surface area contributed by atoms with Crippen LogP contribution in [0.15, 0.2) is 22.3 Å². The fraction of sp³-hybridized carbons (Fsp3) is 0.200. The largest absolute Gasteiger partial charge is 0.409 e. The van der Waals surface area contributed by atoms with Crippen LogP contribution in [-0.2, 0) is 0 Å². The summed E-state index contributed by atoms with van der Waals surface area (Å²) < 4.78 is 0. The first-order valence-electron chi connectivity index (χ1n) is 2.52. The summed E-state index contributed by atoms with van der Waals surface area (Å²) >= 11 is 0. The van der Waals surface area contributed by atoms with Gasteiger partial charge in [-0.15, -0.1) is 0 Å². The van der Waals surface area contributed by atoms with Gasteiger partial charge in [0.15, 0.2) is 5.84 Å². The maximum Gasteiger partial charge on any atom is 0.167 e. The van der Waals surface area contributed by atoms with Gasteiger partial charge in [0.05, 0.1) is 0 Å². The summed E-state index contributed by atoms with van der Waals surface area (Å²) in [5, 5.41) is 11.0. The Morgan fingerprint density at radius 3 is 3.00 bits per heavy atom. The van der Waals surface area contributed by atoms with Gasteiger partial charge in [0.2, 0.25) is 0 Å². The molecule has 0 aliphatic carbocycles. The van der Waals surface area contributed by atoms with E-state index in [1.165, 1.54) is 0 Å². The van der Waals surface area contributed by atoms with Crippen LogP contribution >= 0.6 is 0 Å². The fourth-order valence-electron chi connectivity index (χ4n) is 0.581. The van der Waals surface area contributed by atoms with E-state index in [0.717, 1.165) is 0 Å². The van der Waals surface area contributed by atoms with E-state index in [4.69, 9.17) is 10.9 Å². The predicted octanol–water partition coefficient (Wildman–Crippen LogP) is -0.258. The van der Waals surface area contributed by atoms with Crippen LogP contribution in [0, 0.1) is 0 Å². The third-order valence-electron chi connectivity index (χ3n) is 1.04. The average molecular weight is 125 g/mol. The molecule has 0 aromatic heterocycles. The molecule has 9 heavy (non-hydrogen) atoms. The molecule has 0 bridgehead atoms. The maximum atomic E-state index is 8.15. The van der Waals surface area contributed by atoms with E-state index >= 15 is 0 Å². The van der Waals surface area contributed by atoms with Crippen LogP contribution in [0.4, 0.5) is 0 Å². The Labute approximate surface area is 52.4 Å². The molecular formula is C5H7N3O. The smallest absolute Gasteiger partial charge is 0.167 e. The average Bonchev–Trinajstić information content (AvgIpc) is 2.37. The SMILES string of the molecule is NC(=NO)[C@@H]1C=CC=N1. The third kappa shape index (κ3) is 1.07. The molecular weight excluding hydrogens is 118 g/mol. The Kier molecular flexibility index (Phi) is 1.48. The molecule has 1 atom stereocenters. The quantitative estimate of drug-likeness (QED) is 0.219. The first-order valence-corrected chi connectivity index (χ1v) is 2.52. The van der Waals surface area contributed by atoms with E-state index in [1.807, 2.05) is 0 Å². The number of aliphatic imine (C=N–C) groups is 1. The molecule has 3 N–H and O–H groups in total. The van der Waals surface area contributed by atoms with E-state index < -0.39 is 0 Å². The lowest BCUT2D eigenvalue weighted by Gasteiger charge is -1.98. The number of amidine groups is 1. The summed E-state index contributed by atoms with van der Waals surface area (Å²) in [6.45, 7) is 0. The van der Waals surface area contributed by atoms with Crippen molar-refractivity contribution >= 4 is 12.1 Å². The Morgan fingerprint density at radius 1 is 1.78 bits per heavy atom. The monoisotopic (exact) mass is 125 g/mol. The maximum absolute atomic E-state index is 8.15. The van der Waals surface area contributed by atoms with Crippen LogP contribution in [0.1, 0.15) is 0 Å². The topological polar surface area (TPSA) is 71.0 Å². The van der Waals surface area contributed by atoms with Crippen molar-refractivity contribution < 1.29 is 5.21 Å². The van der Waals surface area contributed by atoms with Crippen LogP contribution < -0.4 is 5.73 Å². The Balaban J connectivity index is 2.64. The first kappa shape index (κ1) is 5.81. The van der Waals surface area contributed by atoms with Gasteiger partial charge in [-0.1, -0.05) is 11.2 Å². The highest BCUT2D eigenvalue weighted by Crippen LogP contribution is 1.97. The molecule has 1 heterocycles. The van der Waals surface area contributed by atoms with E-state index in [0.29, 0.717) is 0 Å². The molecule has 4 nitrogen and oxygen atoms in total. The molecule has 0 aromatic rings. The van der Waals surface area contributed by atoms with E-state index in [-0.39, 0.29) is 11.9 Å². The summed E-state index contributed by atoms with van der Waals surface area (Å²) in [7, 11) is 0. The molecule has 1 aliphatic rings. The number of hydrogen-bond acceptors (Lipinski definition) is 3. The molecule has 0 amide bonds. The van der Waals surface area contributed by atoms with Gasteiger partial charge in [-0.25, -0.2) is 0 Å². The molecule has 1 aliphatic heterocycles. The van der Waals surface area contributed by atoms with Gasteiger partial charge >= 0.3 is 0 Å². The van der Waals surface area contributed by atoms with Gasteiger partial charge in [0.25, 0.3) is 0 Å². The van der Waals surface area contributed by atoms with Gasteiger partial charge in [-0.2, -0.15) is 0 Å². The van der Waals surface area contributed by atoms with Gasteiger partial charge in [-0.05, 0) is 6.08 Å². The lowest BCUT2D eigenvalue weighted by Crippen LogP contribution is -2.24. The number of nitrogens with two attached hydrogens (primary N) is 1. The molecule has 0 spiro atoms. The van der Waals surface area contributed by atoms with Crippen molar-refractivity contribution in [3.05, 3.63) is 12.2 Å². The summed E-state index contributed by atoms with van der Waals surface area (Å²) in [6.07, 6.45) is 5.11. The van der Waals surface area contributed by atoms with E-state index in [1.54, 1.807) is 18.4 Å². The van der Waals surface area contributed by atoms with Gasteiger partial charge in [0, 0.05) is 6.21 Å². The third-order valence-corrected chi connectivity index (χ3v) is 1.04. The zero-order valence-corrected chi connectivity index (χ0v) is 4.73. The number of nitrogens with zero attached hydrogens (tertiary/aromatic N) is 2. The minimum absolute atomic E-state index is 0.125. The van der Waals surface area contributed by atoms with Crippen LogP contribution in [0.5, 0.6) is 0 Å². The first-order chi connectivity index (χ1) is 4.34. The van der Waals surface area contributed by atoms with Crippen molar-refractivity contribution in [1.29, 1.82) is 0 Å². The van der Waals surface area contributed by atoms with Gasteiger partial charge in [0.1, 0.15) is 6.04 Å². The summed E-state index contributed by atoms with van der Waals surface area (Å²) in [5.74, 6) is 0.125. The standard InChI is InChI=1S/C5H7N3O/c6-5(8-9)4-2-1-3-7-4/h1-4,9H,(H2,6,8)/t4-/m0/s1. The molecule has 1 rings (SSSR count). The van der Waals surface area contributed by atoms with Crippen LogP contribution in [0.3, 0.4) is 0 Å². The van der Waals surface area contributed by atoms with Crippen molar-refractivity contribution in [1.82, 2.24) is 0 Å². The molecule has 0 fully saturated rings. The highest BCUT2D eigenvalue weighted by atomic mass is 16.4. The molecule has 48 valence electrons. The van der Waals surface area contributed by atoms with Crippen LogP contribution in [0.25, 0.3) is 0 Å². The second kappa shape index (κ2) is 2.30. The van der Waals surface area contributed by atoms with Gasteiger partial charge < -0.3 is 10.9 Å². The highest BCUT2D eigenvalue weighted by Gasteiger charge is 2.08. The normalized spacial score (nSPS) is 25.3. The van der Waals surface area contributed by atoms with Crippen molar-refractivity contribution in [3.63, 3.8) is 0 Å². The zero-order chi connectivity index (χ0) is 6.69. The molecule has 0 saturated carbocycles. The summed E-state index contributed by atoms with van der Waals surface area (Å²) in [6, 6.07) is -0.255. The number of oxime groups is 1. The predicted molar refractivity (Wildman–Crippen MR) is 34.8 cm³/mol. The fourth-order valence-corrected chi connectivity index (χ4v) is 0.581. The molecule has 4 heteroatoms. The Morgan fingerprint density at radius 2 is 2.56 bits per heavy atom. The van der Waals surface area contributed by atoms with Crippen LogP contribution in [0.2, 0.25) is 0 Å². The second-order valence-electron chi connectivity index (χ2n) is 1.65. The number of hydrogen-bond donors (Lipinski definition) is 2. The molecule has 0 aromatic carbocycles. The lowest BCUT2D eigenvalue weighted by atomic mass is 10.3. The molecule has 0 unspecified atom stereocenters. The van der Waals surface area contributed by atoms with Crippen molar-refractivity contribution in [2.75, 3.05) is 0 Å². The van der Waals surface area contributed by atoms with Crippen molar-refractivity contribution in [3.8, 4) is 0 Å². The van der Waals surface area contributed by atoms with Crippen molar-refractivity contribution in [2.24, 2.45) is 15.9 Å². The Bertz CT molecular complexity index is 171. The summed E-state index contributed by atoms with van der Waals surface area (Å²) in [5.41, 5.74) is 5.21. The molecule has 0 saturated heterocycles. The summed E-state index contributed by atoms with van der Waals surface area (Å²) in [4.78, 5) is 3.85. The molecule has 0 radical (unpaired) electrons. The number of allylic oxidation sites excluding steroid dienone is 1. The van der Waals surface area contributed by atoms with E-state index in [9.17, 15) is 0 Å². The zero-order valence-electron chi connectivity index (χ0n) is 4.73. The second-order valence-corrected chi connectivity index (χ2v) is 1.65. The van der Waals surface area contributed by atoms with Crippen molar-refractivity contribution in [2.45, 2.75) is 6.04 Å². The van der Waals surface area contributed by atoms with Gasteiger partial charge in [-0.3, -0.25) is 4.99 Å². The van der Waals surface area contributed by atoms with Crippen LogP contribution in [-0.4, -0.2) is 23.3 Å². The van der Waals surface area contributed by atoms with E-state index in [2.05, 4.69) is 10.1 Å². The lowest BCUT2D eigenvalue weighted by molar-refractivity contribution is 0.316. The highest BCUT2D eigenvalue weighted by molar-refractivity contribution is 5.92.